The lowest BCUT2D eigenvalue weighted by molar-refractivity contribution is -0.133. The van der Waals surface area contributed by atoms with Crippen LogP contribution in [0.25, 0.3) is 11.4 Å². The van der Waals surface area contributed by atoms with Crippen LogP contribution in [0.5, 0.6) is 0 Å². The van der Waals surface area contributed by atoms with Gasteiger partial charge in [-0.05, 0) is 37.0 Å². The second kappa shape index (κ2) is 7.44. The zero-order valence-corrected chi connectivity index (χ0v) is 16.1. The SMILES string of the molecule is Cc1ccc(-c2noc([C@@H](CC3CC3)[C@H](N)C(=O)N3CCC(F)(F)C3)n2)c(F)c1. The van der Waals surface area contributed by atoms with Crippen molar-refractivity contribution >= 4 is 5.91 Å². The summed E-state index contributed by atoms with van der Waals surface area (Å²) in [6, 6.07) is 3.60. The van der Waals surface area contributed by atoms with Crippen LogP contribution < -0.4 is 5.73 Å². The predicted molar refractivity (Wildman–Crippen MR) is 98.6 cm³/mol. The summed E-state index contributed by atoms with van der Waals surface area (Å²) >= 11 is 0. The Kier molecular flexibility index (Phi) is 5.10. The number of nitrogens with two attached hydrogens (primary N) is 1. The molecule has 2 aromatic rings. The van der Waals surface area contributed by atoms with Gasteiger partial charge in [0, 0.05) is 13.0 Å². The lowest BCUT2D eigenvalue weighted by Crippen LogP contribution is -2.47. The highest BCUT2D eigenvalue weighted by Gasteiger charge is 2.44. The fraction of sp³-hybridized carbons (Fsp3) is 0.550. The van der Waals surface area contributed by atoms with Crippen LogP contribution in [0.15, 0.2) is 22.7 Å². The van der Waals surface area contributed by atoms with E-state index in [4.69, 9.17) is 10.3 Å². The quantitative estimate of drug-likeness (QED) is 0.793. The van der Waals surface area contributed by atoms with Crippen molar-refractivity contribution in [3.8, 4) is 11.4 Å². The minimum atomic E-state index is -2.89. The Morgan fingerprint density at radius 1 is 1.41 bits per heavy atom. The Morgan fingerprint density at radius 3 is 2.79 bits per heavy atom. The Labute approximate surface area is 166 Å². The van der Waals surface area contributed by atoms with E-state index in [1.807, 2.05) is 0 Å². The van der Waals surface area contributed by atoms with Gasteiger partial charge in [0.25, 0.3) is 5.92 Å². The van der Waals surface area contributed by atoms with Gasteiger partial charge in [-0.15, -0.1) is 0 Å². The summed E-state index contributed by atoms with van der Waals surface area (Å²) < 4.78 is 46.6. The number of rotatable bonds is 6. The van der Waals surface area contributed by atoms with Crippen LogP contribution in [0.1, 0.15) is 43.1 Å². The van der Waals surface area contributed by atoms with Crippen molar-refractivity contribution in [1.29, 1.82) is 0 Å². The first-order valence-electron chi connectivity index (χ1n) is 9.76. The van der Waals surface area contributed by atoms with E-state index in [9.17, 15) is 18.0 Å². The van der Waals surface area contributed by atoms with Crippen LogP contribution in [0.4, 0.5) is 13.2 Å². The lowest BCUT2D eigenvalue weighted by atomic mass is 9.93. The van der Waals surface area contributed by atoms with Crippen molar-refractivity contribution < 1.29 is 22.5 Å². The molecule has 29 heavy (non-hydrogen) atoms. The van der Waals surface area contributed by atoms with Crippen molar-refractivity contribution in [1.82, 2.24) is 15.0 Å². The molecule has 0 unspecified atom stereocenters. The van der Waals surface area contributed by atoms with E-state index in [0.717, 1.165) is 23.3 Å². The van der Waals surface area contributed by atoms with Gasteiger partial charge in [-0.1, -0.05) is 24.1 Å². The van der Waals surface area contributed by atoms with Crippen LogP contribution in [0.3, 0.4) is 0 Å². The van der Waals surface area contributed by atoms with Crippen LogP contribution in [-0.4, -0.2) is 46.0 Å². The van der Waals surface area contributed by atoms with Gasteiger partial charge in [0.05, 0.1) is 24.1 Å². The van der Waals surface area contributed by atoms with E-state index in [0.29, 0.717) is 12.3 Å². The number of likely N-dealkylation sites (tertiary alicyclic amines) is 1. The molecule has 2 N–H and O–H groups in total. The predicted octanol–water partition coefficient (Wildman–Crippen LogP) is 3.26. The number of carbonyl (C=O) groups excluding carboxylic acids is 1. The molecule has 2 heterocycles. The fourth-order valence-electron chi connectivity index (χ4n) is 3.72. The number of benzene rings is 1. The third-order valence-corrected chi connectivity index (χ3v) is 5.61. The molecule has 1 amide bonds. The highest BCUT2D eigenvalue weighted by Crippen LogP contribution is 2.40. The molecular weight excluding hydrogens is 385 g/mol. The summed E-state index contributed by atoms with van der Waals surface area (Å²) in [5.41, 5.74) is 7.15. The number of aryl methyl sites for hydroxylation is 1. The van der Waals surface area contributed by atoms with Crippen molar-refractivity contribution in [2.75, 3.05) is 13.1 Å². The number of hydrogen-bond donors (Lipinski definition) is 1. The van der Waals surface area contributed by atoms with Gasteiger partial charge in [0.15, 0.2) is 0 Å². The van der Waals surface area contributed by atoms with Crippen LogP contribution >= 0.6 is 0 Å². The molecule has 1 aromatic carbocycles. The van der Waals surface area contributed by atoms with Crippen LogP contribution in [0.2, 0.25) is 0 Å². The van der Waals surface area contributed by atoms with Gasteiger partial charge in [0.1, 0.15) is 5.82 Å². The molecule has 1 saturated carbocycles. The smallest absolute Gasteiger partial charge is 0.267 e. The van der Waals surface area contributed by atoms with Gasteiger partial charge in [-0.25, -0.2) is 13.2 Å². The molecule has 1 aliphatic heterocycles. The minimum Gasteiger partial charge on any atom is -0.339 e. The topological polar surface area (TPSA) is 85.2 Å². The second-order valence-corrected chi connectivity index (χ2v) is 8.12. The second-order valence-electron chi connectivity index (χ2n) is 8.12. The van der Waals surface area contributed by atoms with Crippen molar-refractivity contribution in [2.24, 2.45) is 11.7 Å². The van der Waals surface area contributed by atoms with E-state index in [2.05, 4.69) is 10.1 Å². The summed E-state index contributed by atoms with van der Waals surface area (Å²) in [6.45, 7) is 1.12. The number of amides is 1. The number of hydrogen-bond acceptors (Lipinski definition) is 5. The Hall–Kier alpha value is -2.42. The molecule has 1 aliphatic carbocycles. The molecule has 0 bridgehead atoms. The molecule has 2 fully saturated rings. The molecule has 1 aromatic heterocycles. The number of alkyl halides is 2. The van der Waals surface area contributed by atoms with E-state index in [1.54, 1.807) is 19.1 Å². The lowest BCUT2D eigenvalue weighted by Gasteiger charge is -2.25. The minimum absolute atomic E-state index is 0.0284. The molecule has 6 nitrogen and oxygen atoms in total. The first-order chi connectivity index (χ1) is 13.7. The van der Waals surface area contributed by atoms with Gasteiger partial charge in [-0.3, -0.25) is 4.79 Å². The van der Waals surface area contributed by atoms with Crippen LogP contribution in [0, 0.1) is 18.7 Å². The number of aromatic nitrogens is 2. The molecule has 156 valence electrons. The maximum atomic E-state index is 14.3. The molecule has 0 spiro atoms. The van der Waals surface area contributed by atoms with Gasteiger partial charge < -0.3 is 15.2 Å². The molecule has 2 aliphatic rings. The van der Waals surface area contributed by atoms with Crippen molar-refractivity contribution in [3.63, 3.8) is 0 Å². The molecule has 0 radical (unpaired) electrons. The number of halogens is 3. The highest BCUT2D eigenvalue weighted by atomic mass is 19.3. The molecule has 2 atom stereocenters. The Balaban J connectivity index is 1.57. The van der Waals surface area contributed by atoms with Crippen LogP contribution in [-0.2, 0) is 4.79 Å². The number of carbonyl (C=O) groups is 1. The summed E-state index contributed by atoms with van der Waals surface area (Å²) in [6.07, 6.45) is 2.20. The fourth-order valence-corrected chi connectivity index (χ4v) is 3.72. The molecule has 9 heteroatoms. The zero-order valence-electron chi connectivity index (χ0n) is 16.1. The summed E-state index contributed by atoms with van der Waals surface area (Å²) in [5, 5.41) is 3.86. The maximum Gasteiger partial charge on any atom is 0.267 e. The highest BCUT2D eigenvalue weighted by molar-refractivity contribution is 5.83. The van der Waals surface area contributed by atoms with Gasteiger partial charge in [-0.2, -0.15) is 4.98 Å². The van der Waals surface area contributed by atoms with Crippen molar-refractivity contribution in [2.45, 2.75) is 50.5 Å². The molecule has 4 rings (SSSR count). The Bertz CT molecular complexity index is 913. The van der Waals surface area contributed by atoms with Gasteiger partial charge >= 0.3 is 0 Å². The van der Waals surface area contributed by atoms with E-state index in [-0.39, 0.29) is 30.2 Å². The third-order valence-electron chi connectivity index (χ3n) is 5.61. The molecule has 1 saturated heterocycles. The molecular formula is C20H23F3N4O2. The van der Waals surface area contributed by atoms with E-state index >= 15 is 0 Å². The zero-order chi connectivity index (χ0) is 20.8. The first-order valence-corrected chi connectivity index (χ1v) is 9.76. The first kappa shape index (κ1) is 19.9. The average molecular weight is 408 g/mol. The van der Waals surface area contributed by atoms with E-state index in [1.165, 1.54) is 6.07 Å². The monoisotopic (exact) mass is 408 g/mol. The normalized spacial score (nSPS) is 20.7. The number of nitrogens with zero attached hydrogens (tertiary/aromatic N) is 3. The third kappa shape index (κ3) is 4.29. The van der Waals surface area contributed by atoms with Crippen molar-refractivity contribution in [3.05, 3.63) is 35.5 Å². The van der Waals surface area contributed by atoms with E-state index < -0.39 is 36.2 Å². The Morgan fingerprint density at radius 2 is 2.17 bits per heavy atom. The largest absolute Gasteiger partial charge is 0.339 e. The summed E-state index contributed by atoms with van der Waals surface area (Å²) in [7, 11) is 0. The average Bonchev–Trinajstić information content (AvgIpc) is 3.23. The van der Waals surface area contributed by atoms with Gasteiger partial charge in [0.2, 0.25) is 17.6 Å². The summed E-state index contributed by atoms with van der Waals surface area (Å²) in [4.78, 5) is 18.1. The summed E-state index contributed by atoms with van der Waals surface area (Å²) in [5.74, 6) is -3.92. The maximum absolute atomic E-state index is 14.3. The standard InChI is InChI=1S/C20H23F3N4O2/c1-11-2-5-13(15(21)8-11)17-25-18(29-26-17)14(9-12-3-4-12)16(24)19(28)27-7-6-20(22,23)10-27/h2,5,8,12,14,16H,3-4,6-7,9-10,24H2,1H3/t14-,16-/m0/s1.